The number of nitrogens with zero attached hydrogens (tertiary/aromatic N) is 3. The molecule has 0 fully saturated rings. The summed E-state index contributed by atoms with van der Waals surface area (Å²) in [5, 5.41) is 0. The summed E-state index contributed by atoms with van der Waals surface area (Å²) in [5.41, 5.74) is 2.77. The van der Waals surface area contributed by atoms with Crippen molar-refractivity contribution >= 4 is 11.6 Å². The molecule has 0 aliphatic heterocycles. The zero-order valence-electron chi connectivity index (χ0n) is 14.9. The summed E-state index contributed by atoms with van der Waals surface area (Å²) in [7, 11) is 2.03. The van der Waals surface area contributed by atoms with E-state index in [-0.39, 0.29) is 5.91 Å². The van der Waals surface area contributed by atoms with Gasteiger partial charge in [0, 0.05) is 38.6 Å². The normalized spacial score (nSPS) is 10.5. The molecule has 0 radical (unpaired) electrons. The molecule has 1 aromatic carbocycles. The molecule has 0 aliphatic carbocycles. The van der Waals surface area contributed by atoms with Crippen molar-refractivity contribution in [3.8, 4) is 0 Å². The zero-order chi connectivity index (χ0) is 17.4. The van der Waals surface area contributed by atoms with E-state index in [1.165, 1.54) is 5.56 Å². The minimum Gasteiger partial charge on any atom is -0.370 e. The summed E-state index contributed by atoms with van der Waals surface area (Å²) in [6.07, 6.45) is 3.64. The number of carbonyl (C=O) groups is 1. The van der Waals surface area contributed by atoms with Gasteiger partial charge >= 0.3 is 0 Å². The number of rotatable bonds is 8. The van der Waals surface area contributed by atoms with Crippen molar-refractivity contribution in [3.05, 3.63) is 59.9 Å². The van der Waals surface area contributed by atoms with Crippen LogP contribution in [0.3, 0.4) is 0 Å². The van der Waals surface area contributed by atoms with E-state index in [0.29, 0.717) is 5.69 Å². The van der Waals surface area contributed by atoms with Crippen LogP contribution in [0.15, 0.2) is 48.7 Å². The third-order valence-electron chi connectivity index (χ3n) is 3.94. The second-order valence-corrected chi connectivity index (χ2v) is 6.03. The van der Waals surface area contributed by atoms with Gasteiger partial charge in [-0.3, -0.25) is 9.78 Å². The number of aromatic nitrogens is 1. The van der Waals surface area contributed by atoms with Crippen LogP contribution in [0, 0.1) is 0 Å². The number of carbonyl (C=O) groups excluding carboxylic acids is 1. The molecular formula is C20H27N3O. The van der Waals surface area contributed by atoms with E-state index in [1.54, 1.807) is 6.20 Å². The number of amides is 1. The van der Waals surface area contributed by atoms with E-state index in [2.05, 4.69) is 35.9 Å². The maximum absolute atomic E-state index is 12.7. The molecule has 0 bridgehead atoms. The first kappa shape index (κ1) is 18.0. The van der Waals surface area contributed by atoms with Crippen LogP contribution in [-0.4, -0.2) is 35.9 Å². The van der Waals surface area contributed by atoms with Gasteiger partial charge in [-0.15, -0.1) is 0 Å². The average molecular weight is 325 g/mol. The molecule has 0 aliphatic rings. The van der Waals surface area contributed by atoms with Crippen molar-refractivity contribution in [1.82, 2.24) is 9.88 Å². The minimum atomic E-state index is 0.0219. The monoisotopic (exact) mass is 325 g/mol. The van der Waals surface area contributed by atoms with Gasteiger partial charge in [0.05, 0.1) is 0 Å². The lowest BCUT2D eigenvalue weighted by Crippen LogP contribution is -2.33. The van der Waals surface area contributed by atoms with E-state index >= 15 is 0 Å². The summed E-state index contributed by atoms with van der Waals surface area (Å²) >= 11 is 0. The van der Waals surface area contributed by atoms with Crippen molar-refractivity contribution in [2.24, 2.45) is 0 Å². The fourth-order valence-corrected chi connectivity index (χ4v) is 2.74. The molecule has 4 nitrogen and oxygen atoms in total. The Balaban J connectivity index is 2.13. The molecule has 128 valence electrons. The van der Waals surface area contributed by atoms with Crippen LogP contribution >= 0.6 is 0 Å². The molecule has 0 N–H and O–H groups in total. The largest absolute Gasteiger partial charge is 0.370 e. The Hall–Kier alpha value is -2.36. The summed E-state index contributed by atoms with van der Waals surface area (Å²) in [4.78, 5) is 21.0. The first-order valence-corrected chi connectivity index (χ1v) is 8.66. The summed E-state index contributed by atoms with van der Waals surface area (Å²) < 4.78 is 0. The zero-order valence-corrected chi connectivity index (χ0v) is 14.9. The third-order valence-corrected chi connectivity index (χ3v) is 3.94. The third kappa shape index (κ3) is 4.82. The van der Waals surface area contributed by atoms with Gasteiger partial charge < -0.3 is 9.80 Å². The number of pyridine rings is 1. The van der Waals surface area contributed by atoms with Crippen molar-refractivity contribution < 1.29 is 4.79 Å². The minimum absolute atomic E-state index is 0.0219. The van der Waals surface area contributed by atoms with E-state index in [1.807, 2.05) is 42.3 Å². The first-order valence-electron chi connectivity index (χ1n) is 8.66. The number of hydrogen-bond acceptors (Lipinski definition) is 3. The average Bonchev–Trinajstić information content (AvgIpc) is 2.62. The molecule has 4 heteroatoms. The van der Waals surface area contributed by atoms with Crippen LogP contribution in [0.1, 0.15) is 42.7 Å². The second kappa shape index (κ2) is 9.06. The molecular weight excluding hydrogens is 298 g/mol. The summed E-state index contributed by atoms with van der Waals surface area (Å²) in [6, 6.07) is 14.1. The van der Waals surface area contributed by atoms with Gasteiger partial charge in [0.15, 0.2) is 0 Å². The quantitative estimate of drug-likeness (QED) is 0.736. The van der Waals surface area contributed by atoms with E-state index < -0.39 is 0 Å². The molecule has 1 heterocycles. The van der Waals surface area contributed by atoms with Gasteiger partial charge in [-0.25, -0.2) is 0 Å². The first-order chi connectivity index (χ1) is 11.7. The van der Waals surface area contributed by atoms with Gasteiger partial charge in [0.2, 0.25) is 0 Å². The second-order valence-electron chi connectivity index (χ2n) is 6.03. The van der Waals surface area contributed by atoms with Crippen molar-refractivity contribution in [2.75, 3.05) is 25.0 Å². The molecule has 2 aromatic rings. The van der Waals surface area contributed by atoms with Crippen LogP contribution in [0.25, 0.3) is 0 Å². The number of benzene rings is 1. The van der Waals surface area contributed by atoms with Gasteiger partial charge in [0.25, 0.3) is 5.91 Å². The van der Waals surface area contributed by atoms with Crippen LogP contribution in [0.4, 0.5) is 5.69 Å². The molecule has 0 unspecified atom stereocenters. The SMILES string of the molecule is CCCN(CCC)C(=O)c1cc(N(C)Cc2ccccc2)ccn1. The topological polar surface area (TPSA) is 36.4 Å². The summed E-state index contributed by atoms with van der Waals surface area (Å²) in [5.74, 6) is 0.0219. The lowest BCUT2D eigenvalue weighted by Gasteiger charge is -2.23. The molecule has 0 atom stereocenters. The smallest absolute Gasteiger partial charge is 0.272 e. The molecule has 0 spiro atoms. The highest BCUT2D eigenvalue weighted by atomic mass is 16.2. The Labute approximate surface area is 145 Å². The predicted octanol–water partition coefficient (Wildman–Crippen LogP) is 3.98. The highest BCUT2D eigenvalue weighted by Gasteiger charge is 2.16. The van der Waals surface area contributed by atoms with Crippen molar-refractivity contribution in [2.45, 2.75) is 33.2 Å². The van der Waals surface area contributed by atoms with Crippen LogP contribution in [0.2, 0.25) is 0 Å². The summed E-state index contributed by atoms with van der Waals surface area (Å²) in [6.45, 7) is 6.53. The standard InChI is InChI=1S/C20H27N3O/c1-4-13-23(14-5-2)20(24)19-15-18(11-12-21-19)22(3)16-17-9-7-6-8-10-17/h6-12,15H,4-5,13-14,16H2,1-3H3. The van der Waals surface area contributed by atoms with Crippen LogP contribution in [-0.2, 0) is 6.54 Å². The molecule has 1 amide bonds. The van der Waals surface area contributed by atoms with E-state index in [4.69, 9.17) is 0 Å². The highest BCUT2D eigenvalue weighted by Crippen LogP contribution is 2.17. The Morgan fingerprint density at radius 1 is 1.04 bits per heavy atom. The van der Waals surface area contributed by atoms with Gasteiger partial charge in [-0.2, -0.15) is 0 Å². The molecule has 2 rings (SSSR count). The van der Waals surface area contributed by atoms with Gasteiger partial charge in [-0.05, 0) is 30.5 Å². The maximum atomic E-state index is 12.7. The fraction of sp³-hybridized carbons (Fsp3) is 0.400. The van der Waals surface area contributed by atoms with Crippen molar-refractivity contribution in [3.63, 3.8) is 0 Å². The lowest BCUT2D eigenvalue weighted by atomic mass is 10.2. The van der Waals surface area contributed by atoms with E-state index in [9.17, 15) is 4.79 Å². The molecule has 24 heavy (non-hydrogen) atoms. The van der Waals surface area contributed by atoms with Gasteiger partial charge in [-0.1, -0.05) is 44.2 Å². The Morgan fingerprint density at radius 2 is 1.71 bits per heavy atom. The molecule has 0 saturated heterocycles. The van der Waals surface area contributed by atoms with Crippen molar-refractivity contribution in [1.29, 1.82) is 0 Å². The number of hydrogen-bond donors (Lipinski definition) is 0. The van der Waals surface area contributed by atoms with Crippen LogP contribution < -0.4 is 4.90 Å². The number of anilines is 1. The Morgan fingerprint density at radius 3 is 2.33 bits per heavy atom. The van der Waals surface area contributed by atoms with E-state index in [0.717, 1.165) is 38.2 Å². The maximum Gasteiger partial charge on any atom is 0.272 e. The van der Waals surface area contributed by atoms with Gasteiger partial charge in [0.1, 0.15) is 5.69 Å². The highest BCUT2D eigenvalue weighted by molar-refractivity contribution is 5.93. The predicted molar refractivity (Wildman–Crippen MR) is 99.3 cm³/mol. The molecule has 0 saturated carbocycles. The van der Waals surface area contributed by atoms with Crippen LogP contribution in [0.5, 0.6) is 0 Å². The Kier molecular flexibility index (Phi) is 6.79. The molecule has 1 aromatic heterocycles. The fourth-order valence-electron chi connectivity index (χ4n) is 2.74. The lowest BCUT2D eigenvalue weighted by molar-refractivity contribution is 0.0749. The Bertz CT molecular complexity index is 636.